The van der Waals surface area contributed by atoms with Gasteiger partial charge in [-0.05, 0) is 36.4 Å². The van der Waals surface area contributed by atoms with E-state index >= 15 is 0 Å². The molecule has 0 aliphatic carbocycles. The van der Waals surface area contributed by atoms with Crippen LogP contribution in [0.2, 0.25) is 0 Å². The molecule has 0 amide bonds. The van der Waals surface area contributed by atoms with Crippen molar-refractivity contribution < 1.29 is 17.9 Å². The summed E-state index contributed by atoms with van der Waals surface area (Å²) in [5, 5.41) is 2.39. The van der Waals surface area contributed by atoms with Crippen molar-refractivity contribution in [2.45, 2.75) is 6.18 Å². The lowest BCUT2D eigenvalue weighted by molar-refractivity contribution is -0.137. The van der Waals surface area contributed by atoms with E-state index in [1.807, 2.05) is 29.6 Å². The Bertz CT molecular complexity index is 809. The lowest BCUT2D eigenvalue weighted by Crippen LogP contribution is -2.04. The van der Waals surface area contributed by atoms with Gasteiger partial charge in [-0.25, -0.2) is 4.98 Å². The molecule has 0 unspecified atom stereocenters. The minimum atomic E-state index is -4.36. The lowest BCUT2D eigenvalue weighted by atomic mass is 10.1. The quantitative estimate of drug-likeness (QED) is 0.630. The second-order valence-corrected chi connectivity index (χ2v) is 5.70. The summed E-state index contributed by atoms with van der Waals surface area (Å²) in [6.07, 6.45) is -4.36. The van der Waals surface area contributed by atoms with Crippen LogP contribution in [-0.4, -0.2) is 12.1 Å². The normalized spacial score (nSPS) is 11.5. The molecule has 0 fully saturated rings. The van der Waals surface area contributed by atoms with E-state index in [2.05, 4.69) is 4.98 Å². The average molecular weight is 335 g/mol. The molecule has 3 rings (SSSR count). The number of aromatic nitrogens is 1. The second-order valence-electron chi connectivity index (χ2n) is 4.84. The molecular weight excluding hydrogens is 323 g/mol. The Balaban J connectivity index is 1.92. The van der Waals surface area contributed by atoms with Gasteiger partial charge in [-0.1, -0.05) is 12.1 Å². The van der Waals surface area contributed by atoms with E-state index in [0.29, 0.717) is 10.6 Å². The Hall–Kier alpha value is -2.34. The number of hydrogen-bond acceptors (Lipinski definition) is 3. The predicted octanol–water partition coefficient (Wildman–Crippen LogP) is 5.50. The largest absolute Gasteiger partial charge is 0.497 e. The van der Waals surface area contributed by atoms with Gasteiger partial charge in [-0.15, -0.1) is 11.3 Å². The number of methoxy groups -OCH3 is 1. The third-order valence-electron chi connectivity index (χ3n) is 3.33. The van der Waals surface area contributed by atoms with Gasteiger partial charge >= 0.3 is 6.18 Å². The summed E-state index contributed by atoms with van der Waals surface area (Å²) in [7, 11) is 1.59. The standard InChI is InChI=1S/C17H12F3NOS/c1-22-14-7-5-11(6-8-14)15-10-23-16(21-15)12-3-2-4-13(9-12)17(18,19)20/h2-10H,1H3. The van der Waals surface area contributed by atoms with Crippen LogP contribution in [0.15, 0.2) is 53.9 Å². The lowest BCUT2D eigenvalue weighted by Gasteiger charge is -2.07. The summed E-state index contributed by atoms with van der Waals surface area (Å²) in [4.78, 5) is 4.44. The SMILES string of the molecule is COc1ccc(-c2csc(-c3cccc(C(F)(F)F)c3)n2)cc1. The molecule has 2 nitrogen and oxygen atoms in total. The molecule has 118 valence electrons. The summed E-state index contributed by atoms with van der Waals surface area (Å²) < 4.78 is 43.5. The molecule has 0 bridgehead atoms. The third-order valence-corrected chi connectivity index (χ3v) is 4.22. The minimum absolute atomic E-state index is 0.463. The number of hydrogen-bond donors (Lipinski definition) is 0. The van der Waals surface area contributed by atoms with Crippen LogP contribution in [0.4, 0.5) is 13.2 Å². The van der Waals surface area contributed by atoms with Crippen molar-refractivity contribution in [1.29, 1.82) is 0 Å². The first-order chi connectivity index (χ1) is 11.0. The van der Waals surface area contributed by atoms with Crippen molar-refractivity contribution >= 4 is 11.3 Å². The van der Waals surface area contributed by atoms with E-state index < -0.39 is 11.7 Å². The summed E-state index contributed by atoms with van der Waals surface area (Å²) >= 11 is 1.32. The van der Waals surface area contributed by atoms with E-state index in [-0.39, 0.29) is 0 Å². The van der Waals surface area contributed by atoms with Crippen LogP contribution in [0.3, 0.4) is 0 Å². The number of nitrogens with zero attached hydrogens (tertiary/aromatic N) is 1. The number of alkyl halides is 3. The molecule has 23 heavy (non-hydrogen) atoms. The Morgan fingerprint density at radius 1 is 1.00 bits per heavy atom. The highest BCUT2D eigenvalue weighted by molar-refractivity contribution is 7.13. The minimum Gasteiger partial charge on any atom is -0.497 e. The summed E-state index contributed by atoms with van der Waals surface area (Å²) in [6, 6.07) is 12.6. The van der Waals surface area contributed by atoms with E-state index in [9.17, 15) is 13.2 Å². The molecule has 0 spiro atoms. The zero-order valence-corrected chi connectivity index (χ0v) is 12.9. The topological polar surface area (TPSA) is 22.1 Å². The van der Waals surface area contributed by atoms with Crippen LogP contribution in [0, 0.1) is 0 Å². The number of rotatable bonds is 3. The van der Waals surface area contributed by atoms with Crippen LogP contribution >= 0.6 is 11.3 Å². The fourth-order valence-electron chi connectivity index (χ4n) is 2.13. The number of halogens is 3. The van der Waals surface area contributed by atoms with Crippen molar-refractivity contribution in [3.05, 3.63) is 59.5 Å². The van der Waals surface area contributed by atoms with Crippen LogP contribution in [0.1, 0.15) is 5.56 Å². The zero-order chi connectivity index (χ0) is 16.4. The Kier molecular flexibility index (Phi) is 4.09. The van der Waals surface area contributed by atoms with Crippen molar-refractivity contribution in [2.75, 3.05) is 7.11 Å². The van der Waals surface area contributed by atoms with Gasteiger partial charge in [0, 0.05) is 16.5 Å². The number of benzene rings is 2. The molecule has 6 heteroatoms. The maximum atomic E-state index is 12.8. The van der Waals surface area contributed by atoms with Crippen LogP contribution in [0.25, 0.3) is 21.8 Å². The summed E-state index contributed by atoms with van der Waals surface area (Å²) in [5.74, 6) is 0.738. The molecule has 1 aromatic heterocycles. The highest BCUT2D eigenvalue weighted by Crippen LogP contribution is 2.34. The van der Waals surface area contributed by atoms with Crippen molar-refractivity contribution in [3.63, 3.8) is 0 Å². The maximum absolute atomic E-state index is 12.8. The van der Waals surface area contributed by atoms with Crippen molar-refractivity contribution in [1.82, 2.24) is 4.98 Å². The average Bonchev–Trinajstić information content (AvgIpc) is 3.04. The Morgan fingerprint density at radius 3 is 2.39 bits per heavy atom. The van der Waals surface area contributed by atoms with Crippen LogP contribution in [-0.2, 0) is 6.18 Å². The fourth-order valence-corrected chi connectivity index (χ4v) is 2.96. The summed E-state index contributed by atoms with van der Waals surface area (Å²) in [6.45, 7) is 0. The smallest absolute Gasteiger partial charge is 0.416 e. The van der Waals surface area contributed by atoms with Gasteiger partial charge in [0.25, 0.3) is 0 Å². The van der Waals surface area contributed by atoms with Crippen LogP contribution < -0.4 is 4.74 Å². The highest BCUT2D eigenvalue weighted by Gasteiger charge is 2.30. The highest BCUT2D eigenvalue weighted by atomic mass is 32.1. The van der Waals surface area contributed by atoms with E-state index in [0.717, 1.165) is 29.1 Å². The van der Waals surface area contributed by atoms with Gasteiger partial charge in [-0.2, -0.15) is 13.2 Å². The monoisotopic (exact) mass is 335 g/mol. The fraction of sp³-hybridized carbons (Fsp3) is 0.118. The molecule has 3 aromatic rings. The van der Waals surface area contributed by atoms with Gasteiger partial charge < -0.3 is 4.74 Å². The molecule has 0 aliphatic rings. The van der Waals surface area contributed by atoms with Gasteiger partial charge in [0.05, 0.1) is 18.4 Å². The number of ether oxygens (including phenoxy) is 1. The third kappa shape index (κ3) is 3.37. The van der Waals surface area contributed by atoms with Crippen LogP contribution in [0.5, 0.6) is 5.75 Å². The molecule has 0 radical (unpaired) electrons. The van der Waals surface area contributed by atoms with Crippen molar-refractivity contribution in [2.24, 2.45) is 0 Å². The zero-order valence-electron chi connectivity index (χ0n) is 12.1. The van der Waals surface area contributed by atoms with E-state index in [1.54, 1.807) is 13.2 Å². The Labute approximate surface area is 135 Å². The van der Waals surface area contributed by atoms with Gasteiger partial charge in [0.2, 0.25) is 0 Å². The molecule has 0 saturated carbocycles. The predicted molar refractivity (Wildman–Crippen MR) is 84.5 cm³/mol. The first kappa shape index (κ1) is 15.6. The van der Waals surface area contributed by atoms with Crippen molar-refractivity contribution in [3.8, 4) is 27.6 Å². The molecule has 0 N–H and O–H groups in total. The van der Waals surface area contributed by atoms with E-state index in [1.165, 1.54) is 17.4 Å². The summed E-state index contributed by atoms with van der Waals surface area (Å²) in [5.41, 5.74) is 1.41. The molecule has 2 aromatic carbocycles. The maximum Gasteiger partial charge on any atom is 0.416 e. The van der Waals surface area contributed by atoms with E-state index in [4.69, 9.17) is 4.74 Å². The van der Waals surface area contributed by atoms with Gasteiger partial charge in [0.15, 0.2) is 0 Å². The Morgan fingerprint density at radius 2 is 1.74 bits per heavy atom. The molecule has 0 aliphatic heterocycles. The molecule has 0 saturated heterocycles. The van der Waals surface area contributed by atoms with Gasteiger partial charge in [0.1, 0.15) is 10.8 Å². The molecule has 0 atom stereocenters. The second kappa shape index (κ2) is 6.04. The van der Waals surface area contributed by atoms with Gasteiger partial charge in [-0.3, -0.25) is 0 Å². The first-order valence-corrected chi connectivity index (χ1v) is 7.63. The first-order valence-electron chi connectivity index (χ1n) is 6.75. The molecule has 1 heterocycles. The molecular formula is C17H12F3NOS. The number of thiazole rings is 1.